The molecule has 0 spiro atoms. The topological polar surface area (TPSA) is 12.0 Å². The van der Waals surface area contributed by atoms with Crippen molar-refractivity contribution in [1.29, 1.82) is 0 Å². The molecule has 1 nitrogen and oxygen atoms in total. The highest BCUT2D eigenvalue weighted by Gasteiger charge is 2.16. The normalized spacial score (nSPS) is 26.3. The van der Waals surface area contributed by atoms with Gasteiger partial charge in [0.05, 0.1) is 0 Å². The molecule has 0 amide bonds. The van der Waals surface area contributed by atoms with Crippen molar-refractivity contribution in [3.8, 4) is 0 Å². The van der Waals surface area contributed by atoms with E-state index in [0.29, 0.717) is 0 Å². The molecule has 0 aromatic heterocycles. The van der Waals surface area contributed by atoms with Crippen LogP contribution in [0.4, 0.5) is 0 Å². The van der Waals surface area contributed by atoms with Gasteiger partial charge in [-0.3, -0.25) is 0 Å². The fraction of sp³-hybridized carbons (Fsp3) is 1.00. The standard InChI is InChI=1S/C7H15N.ClH/c1-6(2)7-4-3-5-8-7;/h6-8H,3-5H2,1-2H3;1H/t7-;/m0./s1. The van der Waals surface area contributed by atoms with Crippen LogP contribution in [0.5, 0.6) is 0 Å². The fourth-order valence-electron chi connectivity index (χ4n) is 1.28. The van der Waals surface area contributed by atoms with Gasteiger partial charge in [-0.2, -0.15) is 0 Å². The van der Waals surface area contributed by atoms with Crippen molar-refractivity contribution in [2.45, 2.75) is 32.7 Å². The summed E-state index contributed by atoms with van der Waals surface area (Å²) >= 11 is 0. The van der Waals surface area contributed by atoms with Gasteiger partial charge in [0, 0.05) is 6.04 Å². The summed E-state index contributed by atoms with van der Waals surface area (Å²) in [5.74, 6) is 0.831. The highest BCUT2D eigenvalue weighted by Crippen LogP contribution is 2.12. The van der Waals surface area contributed by atoms with Crippen LogP contribution in [-0.2, 0) is 0 Å². The Labute approximate surface area is 63.6 Å². The molecule has 1 aliphatic rings. The average Bonchev–Trinajstić information content (AvgIpc) is 2.12. The lowest BCUT2D eigenvalue weighted by molar-refractivity contribution is 0.452. The van der Waals surface area contributed by atoms with Crippen LogP contribution in [0.25, 0.3) is 0 Å². The largest absolute Gasteiger partial charge is 0.314 e. The Kier molecular flexibility index (Phi) is 4.24. The summed E-state index contributed by atoms with van der Waals surface area (Å²) < 4.78 is 0. The molecule has 9 heavy (non-hydrogen) atoms. The van der Waals surface area contributed by atoms with Gasteiger partial charge >= 0.3 is 0 Å². The fourth-order valence-corrected chi connectivity index (χ4v) is 1.28. The van der Waals surface area contributed by atoms with E-state index >= 15 is 0 Å². The number of hydrogen-bond acceptors (Lipinski definition) is 1. The third kappa shape index (κ3) is 2.55. The van der Waals surface area contributed by atoms with E-state index in [1.165, 1.54) is 19.4 Å². The SMILES string of the molecule is CC(C)[C@@H]1CCCN1.Cl. The molecule has 1 rings (SSSR count). The molecule has 0 aromatic rings. The quantitative estimate of drug-likeness (QED) is 0.600. The third-order valence-electron chi connectivity index (χ3n) is 1.90. The summed E-state index contributed by atoms with van der Waals surface area (Å²) in [6.07, 6.45) is 2.76. The summed E-state index contributed by atoms with van der Waals surface area (Å²) in [5.41, 5.74) is 0. The number of halogens is 1. The number of hydrogen-bond donors (Lipinski definition) is 1. The van der Waals surface area contributed by atoms with Gasteiger partial charge in [0.25, 0.3) is 0 Å². The van der Waals surface area contributed by atoms with Gasteiger partial charge < -0.3 is 5.32 Å². The molecule has 2 heteroatoms. The molecule has 1 heterocycles. The van der Waals surface area contributed by atoms with E-state index in [-0.39, 0.29) is 12.4 Å². The highest BCUT2D eigenvalue weighted by atomic mass is 35.5. The van der Waals surface area contributed by atoms with Crippen molar-refractivity contribution in [1.82, 2.24) is 5.32 Å². The zero-order valence-corrected chi connectivity index (χ0v) is 7.00. The average molecular weight is 150 g/mol. The lowest BCUT2D eigenvalue weighted by Crippen LogP contribution is -2.26. The van der Waals surface area contributed by atoms with Crippen LogP contribution in [0, 0.1) is 5.92 Å². The van der Waals surface area contributed by atoms with Crippen LogP contribution in [0.2, 0.25) is 0 Å². The number of nitrogens with one attached hydrogen (secondary N) is 1. The first-order chi connectivity index (χ1) is 3.80. The van der Waals surface area contributed by atoms with Gasteiger partial charge in [0.2, 0.25) is 0 Å². The summed E-state index contributed by atoms with van der Waals surface area (Å²) in [4.78, 5) is 0. The zero-order chi connectivity index (χ0) is 5.98. The maximum atomic E-state index is 3.46. The first kappa shape index (κ1) is 9.25. The monoisotopic (exact) mass is 149 g/mol. The predicted octanol–water partition coefficient (Wildman–Crippen LogP) is 1.82. The van der Waals surface area contributed by atoms with Crippen LogP contribution in [-0.4, -0.2) is 12.6 Å². The zero-order valence-electron chi connectivity index (χ0n) is 6.18. The Morgan fingerprint density at radius 3 is 2.33 bits per heavy atom. The van der Waals surface area contributed by atoms with E-state index in [1.807, 2.05) is 0 Å². The molecule has 0 saturated carbocycles. The highest BCUT2D eigenvalue weighted by molar-refractivity contribution is 5.85. The molecular weight excluding hydrogens is 134 g/mol. The molecule has 0 bridgehead atoms. The second-order valence-electron chi connectivity index (χ2n) is 2.95. The molecular formula is C7H16ClN. The summed E-state index contributed by atoms with van der Waals surface area (Å²) in [6, 6.07) is 0.815. The molecule has 0 aliphatic carbocycles. The maximum absolute atomic E-state index is 3.46. The van der Waals surface area contributed by atoms with Gasteiger partial charge in [0.1, 0.15) is 0 Å². The van der Waals surface area contributed by atoms with Crippen LogP contribution in [0.3, 0.4) is 0 Å². The molecule has 1 fully saturated rings. The van der Waals surface area contributed by atoms with Crippen molar-refractivity contribution >= 4 is 12.4 Å². The van der Waals surface area contributed by atoms with Crippen LogP contribution in [0.15, 0.2) is 0 Å². The second-order valence-corrected chi connectivity index (χ2v) is 2.95. The second kappa shape index (κ2) is 4.13. The Morgan fingerprint density at radius 1 is 1.44 bits per heavy atom. The van der Waals surface area contributed by atoms with Crippen LogP contribution >= 0.6 is 12.4 Å². The van der Waals surface area contributed by atoms with Gasteiger partial charge in [-0.05, 0) is 25.3 Å². The summed E-state index contributed by atoms with van der Waals surface area (Å²) in [6.45, 7) is 5.80. The predicted molar refractivity (Wildman–Crippen MR) is 43.1 cm³/mol. The van der Waals surface area contributed by atoms with Gasteiger partial charge in [-0.15, -0.1) is 12.4 Å². The molecule has 0 radical (unpaired) electrons. The minimum atomic E-state index is 0. The summed E-state index contributed by atoms with van der Waals surface area (Å²) in [5, 5.41) is 3.46. The molecule has 1 saturated heterocycles. The Morgan fingerprint density at radius 2 is 2.11 bits per heavy atom. The summed E-state index contributed by atoms with van der Waals surface area (Å²) in [7, 11) is 0. The molecule has 0 aromatic carbocycles. The van der Waals surface area contributed by atoms with Crippen molar-refractivity contribution in [2.24, 2.45) is 5.92 Å². The lowest BCUT2D eigenvalue weighted by Gasteiger charge is -2.12. The molecule has 1 N–H and O–H groups in total. The minimum Gasteiger partial charge on any atom is -0.314 e. The Hall–Kier alpha value is 0.250. The molecule has 0 unspecified atom stereocenters. The van der Waals surface area contributed by atoms with Crippen molar-refractivity contribution in [2.75, 3.05) is 6.54 Å². The van der Waals surface area contributed by atoms with Crippen molar-refractivity contribution < 1.29 is 0 Å². The third-order valence-corrected chi connectivity index (χ3v) is 1.90. The van der Waals surface area contributed by atoms with E-state index in [0.717, 1.165) is 12.0 Å². The molecule has 1 aliphatic heterocycles. The van der Waals surface area contributed by atoms with E-state index < -0.39 is 0 Å². The van der Waals surface area contributed by atoms with Crippen molar-refractivity contribution in [3.63, 3.8) is 0 Å². The first-order valence-electron chi connectivity index (χ1n) is 3.54. The Bertz CT molecular complexity index is 67.3. The maximum Gasteiger partial charge on any atom is 0.00905 e. The lowest BCUT2D eigenvalue weighted by atomic mass is 10.0. The minimum absolute atomic E-state index is 0. The van der Waals surface area contributed by atoms with Crippen LogP contribution < -0.4 is 5.32 Å². The van der Waals surface area contributed by atoms with Crippen molar-refractivity contribution in [3.05, 3.63) is 0 Å². The van der Waals surface area contributed by atoms with Crippen LogP contribution in [0.1, 0.15) is 26.7 Å². The van der Waals surface area contributed by atoms with Gasteiger partial charge in [0.15, 0.2) is 0 Å². The first-order valence-corrected chi connectivity index (χ1v) is 3.54. The van der Waals surface area contributed by atoms with E-state index in [9.17, 15) is 0 Å². The Balaban J connectivity index is 0.000000640. The molecule has 56 valence electrons. The van der Waals surface area contributed by atoms with E-state index in [2.05, 4.69) is 19.2 Å². The molecule has 1 atom stereocenters. The van der Waals surface area contributed by atoms with Gasteiger partial charge in [-0.25, -0.2) is 0 Å². The smallest absolute Gasteiger partial charge is 0.00905 e. The van der Waals surface area contributed by atoms with Gasteiger partial charge in [-0.1, -0.05) is 13.8 Å². The van der Waals surface area contributed by atoms with E-state index in [4.69, 9.17) is 0 Å². The van der Waals surface area contributed by atoms with E-state index in [1.54, 1.807) is 0 Å². The number of rotatable bonds is 1.